The highest BCUT2D eigenvalue weighted by Gasteiger charge is 2.88. The quantitative estimate of drug-likeness (QED) is 0.196. The van der Waals surface area contributed by atoms with Gasteiger partial charge in [0.25, 0.3) is 5.91 Å². The van der Waals surface area contributed by atoms with E-state index in [4.69, 9.17) is 9.47 Å². The zero-order chi connectivity index (χ0) is 35.1. The van der Waals surface area contributed by atoms with Crippen LogP contribution in [-0.4, -0.2) is 84.8 Å². The Labute approximate surface area is 276 Å². The van der Waals surface area contributed by atoms with Gasteiger partial charge < -0.3 is 40.3 Å². The number of phenols is 1. The molecular formula is C36H39NO11. The van der Waals surface area contributed by atoms with E-state index < -0.39 is 88.3 Å². The number of aromatic hydroxyl groups is 1. The number of anilines is 1. The Hall–Kier alpha value is -4.36. The van der Waals surface area contributed by atoms with Gasteiger partial charge in [-0.2, -0.15) is 0 Å². The predicted molar refractivity (Wildman–Crippen MR) is 169 cm³/mol. The molecule has 4 aliphatic rings. The molecule has 12 nitrogen and oxygen atoms in total. The number of esters is 2. The van der Waals surface area contributed by atoms with E-state index in [1.165, 1.54) is 50.3 Å². The van der Waals surface area contributed by atoms with Crippen molar-refractivity contribution in [3.63, 3.8) is 0 Å². The summed E-state index contributed by atoms with van der Waals surface area (Å²) in [4.78, 5) is 53.3. The molecule has 0 saturated heterocycles. The summed E-state index contributed by atoms with van der Waals surface area (Å²) in [6.45, 7) is 7.06. The molecule has 2 fully saturated rings. The molecule has 6 rings (SSSR count). The number of phenolic OH excluding ortho intramolecular Hbond substituents is 1. The topological polar surface area (TPSA) is 200 Å². The first-order chi connectivity index (χ1) is 22.5. The van der Waals surface area contributed by atoms with Crippen molar-refractivity contribution in [2.45, 2.75) is 63.6 Å². The molecule has 6 N–H and O–H groups in total. The maximum Gasteiger partial charge on any atom is 0.340 e. The highest BCUT2D eigenvalue weighted by Crippen LogP contribution is 2.77. The number of carbonyl (C=O) groups is 4. The van der Waals surface area contributed by atoms with Crippen LogP contribution in [0.5, 0.6) is 5.75 Å². The van der Waals surface area contributed by atoms with Crippen molar-refractivity contribution in [1.82, 2.24) is 0 Å². The van der Waals surface area contributed by atoms with E-state index in [1.807, 2.05) is 0 Å². The van der Waals surface area contributed by atoms with Crippen molar-refractivity contribution >= 4 is 29.3 Å². The molecule has 0 radical (unpaired) electrons. The van der Waals surface area contributed by atoms with Crippen molar-refractivity contribution < 1.29 is 54.2 Å². The second kappa shape index (κ2) is 11.1. The molecule has 2 aromatic carbocycles. The minimum atomic E-state index is -2.54. The SMILES string of the molecule is CC(=O)O[C@@]12[C@H](OC(=O)c3ccccc3NC(=O)c3ccccc3O)[C@@H](C)[C@]3(O)[C@@H]4C=C(C)C(=O)[C@@]4(O)[C@H](O)C(CO)=C[C@H]3[C@@H]1C2(C)C. The van der Waals surface area contributed by atoms with E-state index in [1.54, 1.807) is 45.0 Å². The summed E-state index contributed by atoms with van der Waals surface area (Å²) in [6.07, 6.45) is -0.360. The molecular weight excluding hydrogens is 622 g/mol. The summed E-state index contributed by atoms with van der Waals surface area (Å²) in [7, 11) is 0. The number of nitrogens with one attached hydrogen (secondary N) is 1. The number of aliphatic hydroxyl groups excluding tert-OH is 2. The van der Waals surface area contributed by atoms with Gasteiger partial charge in [-0.15, -0.1) is 0 Å². The van der Waals surface area contributed by atoms with Gasteiger partial charge in [-0.1, -0.05) is 57.2 Å². The molecule has 0 aromatic heterocycles. The first-order valence-electron chi connectivity index (χ1n) is 15.8. The van der Waals surface area contributed by atoms with Crippen molar-refractivity contribution in [3.8, 4) is 5.75 Å². The third kappa shape index (κ3) is 4.36. The molecule has 1 amide bonds. The van der Waals surface area contributed by atoms with Crippen molar-refractivity contribution in [2.24, 2.45) is 29.1 Å². The number of hydrogen-bond donors (Lipinski definition) is 6. The van der Waals surface area contributed by atoms with Crippen LogP contribution in [0, 0.1) is 29.1 Å². The third-order valence-corrected chi connectivity index (χ3v) is 11.2. The number of aliphatic hydroxyl groups is 4. The zero-order valence-corrected chi connectivity index (χ0v) is 27.1. The number of hydrogen-bond acceptors (Lipinski definition) is 11. The van der Waals surface area contributed by atoms with Gasteiger partial charge in [0.2, 0.25) is 0 Å². The van der Waals surface area contributed by atoms with Crippen molar-refractivity contribution in [2.75, 3.05) is 11.9 Å². The molecule has 4 aliphatic carbocycles. The Morgan fingerprint density at radius 3 is 2.23 bits per heavy atom. The van der Waals surface area contributed by atoms with Crippen molar-refractivity contribution in [3.05, 3.63) is 83.0 Å². The molecule has 0 aliphatic heterocycles. The number of Topliss-reactive ketones (excluding diaryl/α,β-unsaturated/α-hetero) is 1. The lowest BCUT2D eigenvalue weighted by atomic mass is 9.58. The summed E-state index contributed by atoms with van der Waals surface area (Å²) < 4.78 is 12.2. The summed E-state index contributed by atoms with van der Waals surface area (Å²) in [5.41, 5.74) is -7.08. The van der Waals surface area contributed by atoms with Crippen LogP contribution in [0.1, 0.15) is 55.3 Å². The number of fused-ring (bicyclic) bond motifs is 5. The van der Waals surface area contributed by atoms with Gasteiger partial charge >= 0.3 is 11.9 Å². The first kappa shape index (κ1) is 33.5. The Kier molecular flexibility index (Phi) is 7.75. The average Bonchev–Trinajstić information content (AvgIpc) is 3.43. The van der Waals surface area contributed by atoms with Gasteiger partial charge in [0.15, 0.2) is 17.0 Å². The Bertz CT molecular complexity index is 1800. The monoisotopic (exact) mass is 661 g/mol. The number of carbonyl (C=O) groups excluding carboxylic acids is 4. The van der Waals surface area contributed by atoms with Crippen LogP contribution < -0.4 is 5.32 Å². The fraction of sp³-hybridized carbons (Fsp3) is 0.444. The third-order valence-electron chi connectivity index (χ3n) is 11.2. The Balaban J connectivity index is 1.45. The lowest BCUT2D eigenvalue weighted by Gasteiger charge is -2.53. The lowest BCUT2D eigenvalue weighted by Crippen LogP contribution is -2.67. The van der Waals surface area contributed by atoms with Crippen LogP contribution in [0.3, 0.4) is 0 Å². The van der Waals surface area contributed by atoms with Gasteiger partial charge in [0.1, 0.15) is 18.0 Å². The molecule has 12 heteroatoms. The van der Waals surface area contributed by atoms with Gasteiger partial charge in [-0.25, -0.2) is 4.79 Å². The smallest absolute Gasteiger partial charge is 0.340 e. The second-order valence-corrected chi connectivity index (χ2v) is 13.9. The number of benzene rings is 2. The van der Waals surface area contributed by atoms with Crippen molar-refractivity contribution in [1.29, 1.82) is 0 Å². The van der Waals surface area contributed by atoms with Crippen LogP contribution in [0.4, 0.5) is 5.69 Å². The fourth-order valence-electron chi connectivity index (χ4n) is 8.88. The second-order valence-electron chi connectivity index (χ2n) is 13.9. The predicted octanol–water partition coefficient (Wildman–Crippen LogP) is 2.29. The summed E-state index contributed by atoms with van der Waals surface area (Å²) >= 11 is 0. The largest absolute Gasteiger partial charge is 0.507 e. The maximum atomic E-state index is 14.1. The fourth-order valence-corrected chi connectivity index (χ4v) is 8.88. The molecule has 0 bridgehead atoms. The molecule has 0 heterocycles. The Morgan fingerprint density at radius 2 is 1.60 bits per heavy atom. The molecule has 2 saturated carbocycles. The number of amides is 1. The van der Waals surface area contributed by atoms with E-state index in [2.05, 4.69) is 5.32 Å². The molecule has 9 atom stereocenters. The van der Waals surface area contributed by atoms with Crippen LogP contribution in [0.25, 0.3) is 0 Å². The molecule has 0 unspecified atom stereocenters. The van der Waals surface area contributed by atoms with E-state index in [0.717, 1.165) is 0 Å². The van der Waals surface area contributed by atoms with Crippen LogP contribution >= 0.6 is 0 Å². The summed E-state index contributed by atoms with van der Waals surface area (Å²) in [5.74, 6) is -7.64. The summed E-state index contributed by atoms with van der Waals surface area (Å²) in [6, 6.07) is 11.9. The minimum Gasteiger partial charge on any atom is -0.507 e. The van der Waals surface area contributed by atoms with Gasteiger partial charge in [-0.3, -0.25) is 14.4 Å². The number of ether oxygens (including phenoxy) is 2. The molecule has 254 valence electrons. The van der Waals surface area contributed by atoms with E-state index in [-0.39, 0.29) is 33.7 Å². The molecule has 0 spiro atoms. The van der Waals surface area contributed by atoms with E-state index in [0.29, 0.717) is 0 Å². The average molecular weight is 662 g/mol. The highest BCUT2D eigenvalue weighted by molar-refractivity contribution is 6.09. The zero-order valence-electron chi connectivity index (χ0n) is 27.1. The summed E-state index contributed by atoms with van der Waals surface area (Å²) in [5, 5.41) is 59.3. The minimum absolute atomic E-state index is 0.0287. The number of para-hydroxylation sites is 2. The van der Waals surface area contributed by atoms with Crippen LogP contribution in [-0.2, 0) is 19.1 Å². The van der Waals surface area contributed by atoms with Crippen LogP contribution in [0.2, 0.25) is 0 Å². The lowest BCUT2D eigenvalue weighted by molar-refractivity contribution is -0.225. The van der Waals surface area contributed by atoms with E-state index >= 15 is 0 Å². The first-order valence-corrected chi connectivity index (χ1v) is 15.8. The Morgan fingerprint density at radius 1 is 0.979 bits per heavy atom. The van der Waals surface area contributed by atoms with Gasteiger partial charge in [0, 0.05) is 36.0 Å². The van der Waals surface area contributed by atoms with Gasteiger partial charge in [-0.05, 0) is 42.3 Å². The number of ketones is 1. The van der Waals surface area contributed by atoms with Crippen LogP contribution in [0.15, 0.2) is 71.8 Å². The van der Waals surface area contributed by atoms with E-state index in [9.17, 15) is 44.7 Å². The normalized spacial score (nSPS) is 35.9. The molecule has 2 aromatic rings. The highest BCUT2D eigenvalue weighted by atomic mass is 16.6. The standard InChI is InChI=1S/C36H39NO11/c1-17-14-26-34(45)18(2)30(47-32(44)21-10-6-8-12-24(21)37-31(43)22-11-7-9-13-25(22)40)36(48-19(3)39)27(33(36,4)5)23(34)15-20(16-38)29(42)35(26,46)28(17)41/h6-15,18,23,26-27,29-30,38,40,42,45-46H,16H2,1-5H3,(H,37,43)/t18-,23+,26+,27-,29-,30-,34-,35-,36-/m1/s1. The molecule has 48 heavy (non-hydrogen) atoms. The number of rotatable bonds is 6. The maximum absolute atomic E-state index is 14.1. The van der Waals surface area contributed by atoms with Gasteiger partial charge in [0.05, 0.1) is 29.0 Å².